The van der Waals surface area contributed by atoms with Gasteiger partial charge in [-0.05, 0) is 87.6 Å². The van der Waals surface area contributed by atoms with E-state index in [9.17, 15) is 9.18 Å². The molecule has 1 aromatic heterocycles. The number of benzene rings is 2. The molecule has 2 aliphatic rings. The van der Waals surface area contributed by atoms with E-state index in [1.807, 2.05) is 26.0 Å². The maximum Gasteiger partial charge on any atom is 0.314 e. The van der Waals surface area contributed by atoms with Gasteiger partial charge in [0.2, 0.25) is 5.95 Å². The predicted octanol–water partition coefficient (Wildman–Crippen LogP) is 5.42. The highest BCUT2D eigenvalue weighted by molar-refractivity contribution is 5.77. The predicted molar refractivity (Wildman–Crippen MR) is 125 cm³/mol. The first-order valence-electron chi connectivity index (χ1n) is 11.4. The first-order chi connectivity index (χ1) is 15.9. The highest BCUT2D eigenvalue weighted by Crippen LogP contribution is 2.37. The summed E-state index contributed by atoms with van der Waals surface area (Å²) in [6.07, 6.45) is 2.70. The molecule has 0 radical (unpaired) electrons. The van der Waals surface area contributed by atoms with Gasteiger partial charge in [0.1, 0.15) is 17.4 Å². The van der Waals surface area contributed by atoms with Crippen LogP contribution < -0.4 is 15.0 Å². The standard InChI is InChI=1S/C26H27FN4O2/c1-15-16(2)28-26(29-21-8-6-20(27)7-9-21)30-24(15)31-13-12-19-14-22(10-11-23(19)17(31)3)33-25(32)18-4-5-18/h6-11,14,17-18H,4-5,12-13H2,1-3H3,(H,28,29,30). The number of carbonyl (C=O) groups is 1. The normalized spacial score (nSPS) is 17.5. The van der Waals surface area contributed by atoms with Gasteiger partial charge in [0.05, 0.1) is 12.0 Å². The number of esters is 1. The van der Waals surface area contributed by atoms with Gasteiger partial charge >= 0.3 is 5.97 Å². The molecule has 5 rings (SSSR count). The van der Waals surface area contributed by atoms with Crippen molar-refractivity contribution in [3.05, 3.63) is 70.7 Å². The summed E-state index contributed by atoms with van der Waals surface area (Å²) in [5.74, 6) is 1.68. The third-order valence-electron chi connectivity index (χ3n) is 6.52. The number of carbonyl (C=O) groups excluding carboxylic acids is 1. The van der Waals surface area contributed by atoms with Gasteiger partial charge in [0.25, 0.3) is 0 Å². The summed E-state index contributed by atoms with van der Waals surface area (Å²) in [5, 5.41) is 3.19. The number of hydrogen-bond donors (Lipinski definition) is 1. The van der Waals surface area contributed by atoms with Crippen molar-refractivity contribution in [3.63, 3.8) is 0 Å². The first-order valence-corrected chi connectivity index (χ1v) is 11.4. The molecule has 0 saturated heterocycles. The summed E-state index contributed by atoms with van der Waals surface area (Å²) in [4.78, 5) is 23.7. The molecule has 170 valence electrons. The molecule has 2 aromatic carbocycles. The highest BCUT2D eigenvalue weighted by atomic mass is 19.1. The van der Waals surface area contributed by atoms with Crippen LogP contribution in [-0.2, 0) is 11.2 Å². The SMILES string of the molecule is Cc1nc(Nc2ccc(F)cc2)nc(N2CCc3cc(OC(=O)C4CC4)ccc3C2C)c1C. The fourth-order valence-corrected chi connectivity index (χ4v) is 4.29. The van der Waals surface area contributed by atoms with Crippen LogP contribution in [0.2, 0.25) is 0 Å². The van der Waals surface area contributed by atoms with Crippen LogP contribution in [0.1, 0.15) is 48.2 Å². The molecule has 2 heterocycles. The number of aryl methyl sites for hydroxylation is 1. The number of halogens is 1. The van der Waals surface area contributed by atoms with Crippen LogP contribution in [0.15, 0.2) is 42.5 Å². The van der Waals surface area contributed by atoms with Gasteiger partial charge in [-0.25, -0.2) is 9.37 Å². The van der Waals surface area contributed by atoms with Crippen LogP contribution in [0.25, 0.3) is 0 Å². The average molecular weight is 447 g/mol. The smallest absolute Gasteiger partial charge is 0.314 e. The van der Waals surface area contributed by atoms with Crippen molar-refractivity contribution in [1.82, 2.24) is 9.97 Å². The second kappa shape index (κ2) is 8.46. The molecule has 1 aliphatic heterocycles. The minimum atomic E-state index is -0.284. The first kappa shape index (κ1) is 21.4. The van der Waals surface area contributed by atoms with Gasteiger partial charge in [-0.3, -0.25) is 4.79 Å². The zero-order chi connectivity index (χ0) is 23.1. The molecule has 7 heteroatoms. The Kier molecular flexibility index (Phi) is 5.48. The van der Waals surface area contributed by atoms with E-state index in [0.29, 0.717) is 11.7 Å². The summed E-state index contributed by atoms with van der Waals surface area (Å²) < 4.78 is 18.8. The molecule has 0 amide bonds. The largest absolute Gasteiger partial charge is 0.426 e. The number of hydrogen-bond acceptors (Lipinski definition) is 6. The summed E-state index contributed by atoms with van der Waals surface area (Å²) in [7, 11) is 0. The molecule has 6 nitrogen and oxygen atoms in total. The number of nitrogens with zero attached hydrogens (tertiary/aromatic N) is 3. The Morgan fingerprint density at radius 3 is 2.61 bits per heavy atom. The van der Waals surface area contributed by atoms with Crippen LogP contribution in [0, 0.1) is 25.6 Å². The molecule has 1 aliphatic carbocycles. The zero-order valence-corrected chi connectivity index (χ0v) is 19.1. The van der Waals surface area contributed by atoms with Crippen molar-refractivity contribution >= 4 is 23.4 Å². The Morgan fingerprint density at radius 1 is 1.12 bits per heavy atom. The van der Waals surface area contributed by atoms with Crippen LogP contribution >= 0.6 is 0 Å². The minimum absolute atomic E-state index is 0.0807. The van der Waals surface area contributed by atoms with Gasteiger partial charge in [-0.1, -0.05) is 6.07 Å². The summed E-state index contributed by atoms with van der Waals surface area (Å²) in [6, 6.07) is 12.2. The molecule has 1 fully saturated rings. The Balaban J connectivity index is 1.40. The lowest BCUT2D eigenvalue weighted by Gasteiger charge is -2.37. The Hall–Kier alpha value is -3.48. The van der Waals surface area contributed by atoms with Crippen LogP contribution in [0.5, 0.6) is 5.75 Å². The average Bonchev–Trinajstić information content (AvgIpc) is 3.64. The number of rotatable bonds is 5. The van der Waals surface area contributed by atoms with Crippen LogP contribution in [-0.4, -0.2) is 22.5 Å². The number of aromatic nitrogens is 2. The van der Waals surface area contributed by atoms with E-state index in [4.69, 9.17) is 9.72 Å². The quantitative estimate of drug-likeness (QED) is 0.417. The minimum Gasteiger partial charge on any atom is -0.426 e. The topological polar surface area (TPSA) is 67.3 Å². The lowest BCUT2D eigenvalue weighted by atomic mass is 9.93. The van der Waals surface area contributed by atoms with E-state index in [2.05, 4.69) is 28.2 Å². The van der Waals surface area contributed by atoms with Crippen molar-refractivity contribution < 1.29 is 13.9 Å². The Morgan fingerprint density at radius 2 is 1.88 bits per heavy atom. The van der Waals surface area contributed by atoms with Crippen molar-refractivity contribution in [3.8, 4) is 5.75 Å². The van der Waals surface area contributed by atoms with E-state index in [-0.39, 0.29) is 23.7 Å². The van der Waals surface area contributed by atoms with Gasteiger partial charge in [0, 0.05) is 23.5 Å². The maximum atomic E-state index is 13.2. The van der Waals surface area contributed by atoms with E-state index < -0.39 is 0 Å². The molecular formula is C26H27FN4O2. The van der Waals surface area contributed by atoms with E-state index >= 15 is 0 Å². The van der Waals surface area contributed by atoms with Gasteiger partial charge in [-0.15, -0.1) is 0 Å². The molecule has 0 bridgehead atoms. The summed E-state index contributed by atoms with van der Waals surface area (Å²) in [5.41, 5.74) is 5.06. The number of anilines is 3. The lowest BCUT2D eigenvalue weighted by molar-refractivity contribution is -0.135. The fraction of sp³-hybridized carbons (Fsp3) is 0.346. The van der Waals surface area contributed by atoms with E-state index in [1.165, 1.54) is 23.3 Å². The Bertz CT molecular complexity index is 1210. The molecular weight excluding hydrogens is 419 g/mol. The van der Waals surface area contributed by atoms with E-state index in [0.717, 1.165) is 48.6 Å². The van der Waals surface area contributed by atoms with Gasteiger partial charge in [0.15, 0.2) is 0 Å². The van der Waals surface area contributed by atoms with E-state index in [1.54, 1.807) is 12.1 Å². The number of nitrogens with one attached hydrogen (secondary N) is 1. The lowest BCUT2D eigenvalue weighted by Crippen LogP contribution is -2.35. The van der Waals surface area contributed by atoms with Crippen molar-refractivity contribution in [2.24, 2.45) is 5.92 Å². The molecule has 1 atom stereocenters. The monoisotopic (exact) mass is 446 g/mol. The third-order valence-corrected chi connectivity index (χ3v) is 6.52. The summed E-state index contributed by atoms with van der Waals surface area (Å²) >= 11 is 0. The zero-order valence-electron chi connectivity index (χ0n) is 19.1. The highest BCUT2D eigenvalue weighted by Gasteiger charge is 2.32. The second-order valence-electron chi connectivity index (χ2n) is 8.89. The van der Waals surface area contributed by atoms with Crippen molar-refractivity contribution in [2.45, 2.75) is 46.1 Å². The molecule has 1 saturated carbocycles. The maximum absolute atomic E-state index is 13.2. The van der Waals surface area contributed by atoms with Crippen molar-refractivity contribution in [1.29, 1.82) is 0 Å². The van der Waals surface area contributed by atoms with Gasteiger partial charge in [-0.2, -0.15) is 4.98 Å². The van der Waals surface area contributed by atoms with Crippen molar-refractivity contribution in [2.75, 3.05) is 16.8 Å². The molecule has 33 heavy (non-hydrogen) atoms. The van der Waals surface area contributed by atoms with Gasteiger partial charge < -0.3 is 15.0 Å². The number of ether oxygens (including phenoxy) is 1. The van der Waals surface area contributed by atoms with Crippen LogP contribution in [0.3, 0.4) is 0 Å². The molecule has 1 N–H and O–H groups in total. The molecule has 1 unspecified atom stereocenters. The second-order valence-corrected chi connectivity index (χ2v) is 8.89. The Labute approximate surface area is 192 Å². The summed E-state index contributed by atoms with van der Waals surface area (Å²) in [6.45, 7) is 6.97. The molecule has 3 aromatic rings. The third kappa shape index (κ3) is 4.40. The fourth-order valence-electron chi connectivity index (χ4n) is 4.29. The molecule has 0 spiro atoms. The number of fused-ring (bicyclic) bond motifs is 1. The van der Waals surface area contributed by atoms with Crippen LogP contribution in [0.4, 0.5) is 21.8 Å².